The highest BCUT2D eigenvalue weighted by Crippen LogP contribution is 2.29. The van der Waals surface area contributed by atoms with Crippen molar-refractivity contribution in [3.05, 3.63) is 34.9 Å². The normalized spacial score (nSPS) is 21.3. The van der Waals surface area contributed by atoms with E-state index in [1.165, 1.54) is 0 Å². The third-order valence-electron chi connectivity index (χ3n) is 9.10. The molecule has 3 N–H and O–H groups in total. The zero-order chi connectivity index (χ0) is 29.6. The monoisotopic (exact) mass is 588 g/mol. The molecule has 3 aliphatic rings. The molecule has 1 saturated carbocycles. The maximum atomic E-state index is 14.1. The number of rotatable bonds is 10. The van der Waals surface area contributed by atoms with Crippen molar-refractivity contribution in [2.75, 3.05) is 45.8 Å². The number of hydrogen-bond acceptors (Lipinski definition) is 6. The lowest BCUT2D eigenvalue weighted by molar-refractivity contribution is -0.145. The van der Waals surface area contributed by atoms with E-state index in [2.05, 4.69) is 29.2 Å². The second-order valence-corrected chi connectivity index (χ2v) is 13.0. The molecule has 2 saturated heterocycles. The van der Waals surface area contributed by atoms with Crippen molar-refractivity contribution in [1.82, 2.24) is 25.1 Å². The summed E-state index contributed by atoms with van der Waals surface area (Å²) in [6.45, 7) is 11.5. The van der Waals surface area contributed by atoms with Crippen molar-refractivity contribution in [2.24, 2.45) is 11.7 Å². The fourth-order valence-corrected chi connectivity index (χ4v) is 6.87. The first-order chi connectivity index (χ1) is 19.6. The quantitative estimate of drug-likeness (QED) is 0.436. The van der Waals surface area contributed by atoms with Crippen LogP contribution in [0.3, 0.4) is 0 Å². The van der Waals surface area contributed by atoms with Gasteiger partial charge in [-0.25, -0.2) is 10.0 Å². The number of piperidine rings is 1. The number of carbonyl (C=O) groups is 3. The second kappa shape index (κ2) is 14.3. The van der Waals surface area contributed by atoms with E-state index in [1.54, 1.807) is 6.92 Å². The molecule has 0 aromatic heterocycles. The van der Waals surface area contributed by atoms with Crippen LogP contribution in [0.4, 0.5) is 0 Å². The summed E-state index contributed by atoms with van der Waals surface area (Å²) in [7, 11) is 0. The highest BCUT2D eigenvalue weighted by atomic mass is 35.5. The first-order valence-corrected chi connectivity index (χ1v) is 15.8. The SMILES string of the molecule is CC(=O)N1CCC(N(CC(C)C)N2CCN(C(=O)[C@@H](Cc3ccc(Cl)cc3)NC3(C(N)=O)CCCCC3)CC2)CC1. The number of nitrogens with two attached hydrogens (primary N) is 1. The number of piperazine rings is 1. The van der Waals surface area contributed by atoms with Crippen LogP contribution in [-0.2, 0) is 20.8 Å². The molecule has 1 atom stereocenters. The largest absolute Gasteiger partial charge is 0.368 e. The van der Waals surface area contributed by atoms with Crippen LogP contribution >= 0.6 is 11.6 Å². The van der Waals surface area contributed by atoms with Gasteiger partial charge < -0.3 is 15.5 Å². The van der Waals surface area contributed by atoms with Gasteiger partial charge >= 0.3 is 0 Å². The number of carbonyl (C=O) groups excluding carboxylic acids is 3. The van der Waals surface area contributed by atoms with Gasteiger partial charge in [-0.15, -0.1) is 0 Å². The Balaban J connectivity index is 1.45. The number of likely N-dealkylation sites (tertiary alicyclic amines) is 1. The van der Waals surface area contributed by atoms with Gasteiger partial charge in [-0.05, 0) is 55.7 Å². The molecule has 1 aromatic rings. The Labute approximate surface area is 250 Å². The van der Waals surface area contributed by atoms with Gasteiger partial charge in [0.2, 0.25) is 17.7 Å². The predicted molar refractivity (Wildman–Crippen MR) is 162 cm³/mol. The summed E-state index contributed by atoms with van der Waals surface area (Å²) in [6, 6.07) is 7.42. The number of halogens is 1. The van der Waals surface area contributed by atoms with E-state index in [0.717, 1.165) is 70.4 Å². The number of hydrogen-bond donors (Lipinski definition) is 2. The number of nitrogens with zero attached hydrogens (tertiary/aromatic N) is 4. The molecule has 3 fully saturated rings. The third-order valence-corrected chi connectivity index (χ3v) is 9.35. The summed E-state index contributed by atoms with van der Waals surface area (Å²) in [5.41, 5.74) is 6.09. The van der Waals surface area contributed by atoms with Crippen molar-refractivity contribution < 1.29 is 14.4 Å². The van der Waals surface area contributed by atoms with E-state index in [-0.39, 0.29) is 17.7 Å². The molecule has 0 unspecified atom stereocenters. The topological polar surface area (TPSA) is 102 Å². The van der Waals surface area contributed by atoms with Crippen molar-refractivity contribution in [3.63, 3.8) is 0 Å². The van der Waals surface area contributed by atoms with Crippen LogP contribution in [0, 0.1) is 5.92 Å². The van der Waals surface area contributed by atoms with Crippen molar-refractivity contribution in [3.8, 4) is 0 Å². The summed E-state index contributed by atoms with van der Waals surface area (Å²) in [5, 5.41) is 9.09. The minimum Gasteiger partial charge on any atom is -0.368 e. The van der Waals surface area contributed by atoms with Crippen LogP contribution in [0.2, 0.25) is 5.02 Å². The molecular weight excluding hydrogens is 540 g/mol. The van der Waals surface area contributed by atoms with Crippen LogP contribution in [-0.4, -0.2) is 101 Å². The molecule has 228 valence electrons. The Morgan fingerprint density at radius 3 is 2.12 bits per heavy atom. The van der Waals surface area contributed by atoms with E-state index in [4.69, 9.17) is 17.3 Å². The fraction of sp³-hybridized carbons (Fsp3) is 0.710. The zero-order valence-electron chi connectivity index (χ0n) is 25.1. The summed E-state index contributed by atoms with van der Waals surface area (Å²) in [6.07, 6.45) is 6.65. The van der Waals surface area contributed by atoms with Crippen molar-refractivity contribution in [2.45, 2.75) is 89.8 Å². The Kier molecular flexibility index (Phi) is 11.1. The summed E-state index contributed by atoms with van der Waals surface area (Å²) < 4.78 is 0. The van der Waals surface area contributed by atoms with Crippen LogP contribution in [0.1, 0.15) is 71.3 Å². The summed E-state index contributed by atoms with van der Waals surface area (Å²) in [4.78, 5) is 42.5. The average Bonchev–Trinajstić information content (AvgIpc) is 2.97. The molecule has 1 aliphatic carbocycles. The van der Waals surface area contributed by atoms with E-state index in [0.29, 0.717) is 49.3 Å². The van der Waals surface area contributed by atoms with Crippen molar-refractivity contribution in [1.29, 1.82) is 0 Å². The third kappa shape index (κ3) is 8.21. The number of nitrogens with one attached hydrogen (secondary N) is 1. The molecule has 9 nitrogen and oxygen atoms in total. The molecule has 3 amide bonds. The highest BCUT2D eigenvalue weighted by molar-refractivity contribution is 6.30. The second-order valence-electron chi connectivity index (χ2n) is 12.6. The molecule has 10 heteroatoms. The lowest BCUT2D eigenvalue weighted by Gasteiger charge is -2.48. The molecule has 41 heavy (non-hydrogen) atoms. The Hall–Kier alpha value is -2.20. The first kappa shape index (κ1) is 31.7. The molecule has 2 heterocycles. The smallest absolute Gasteiger partial charge is 0.240 e. The van der Waals surface area contributed by atoms with Crippen molar-refractivity contribution >= 4 is 29.3 Å². The van der Waals surface area contributed by atoms with Gasteiger partial charge in [-0.1, -0.05) is 56.8 Å². The maximum Gasteiger partial charge on any atom is 0.240 e. The number of benzene rings is 1. The molecule has 0 bridgehead atoms. The van der Waals surface area contributed by atoms with Gasteiger partial charge in [0, 0.05) is 63.8 Å². The fourth-order valence-electron chi connectivity index (χ4n) is 6.75. The van der Waals surface area contributed by atoms with Crippen LogP contribution in [0.15, 0.2) is 24.3 Å². The number of amides is 3. The van der Waals surface area contributed by atoms with E-state index < -0.39 is 11.6 Å². The standard InChI is InChI=1S/C31H49ClN6O3/c1-23(2)22-38(27-11-15-35(16-12-27)24(3)39)37-19-17-36(18-20-37)29(40)28(21-25-7-9-26(32)10-8-25)34-31(30(33)41)13-5-4-6-14-31/h7-10,23,27-28,34H,4-6,11-22H2,1-3H3,(H2,33,41)/t28-/m1/s1. The van der Waals surface area contributed by atoms with Crippen LogP contribution < -0.4 is 11.1 Å². The first-order valence-electron chi connectivity index (χ1n) is 15.5. The maximum absolute atomic E-state index is 14.1. The molecular formula is C31H49ClN6O3. The van der Waals surface area contributed by atoms with E-state index in [1.807, 2.05) is 34.1 Å². The van der Waals surface area contributed by atoms with E-state index in [9.17, 15) is 14.4 Å². The predicted octanol–water partition coefficient (Wildman–Crippen LogP) is 3.06. The van der Waals surface area contributed by atoms with Crippen LogP contribution in [0.25, 0.3) is 0 Å². The molecule has 2 aliphatic heterocycles. The Bertz CT molecular complexity index is 1030. The lowest BCUT2D eigenvalue weighted by Crippen LogP contribution is -2.65. The molecule has 0 radical (unpaired) electrons. The van der Waals surface area contributed by atoms with Gasteiger partial charge in [0.1, 0.15) is 0 Å². The minimum absolute atomic E-state index is 0.0241. The van der Waals surface area contributed by atoms with Gasteiger partial charge in [0.05, 0.1) is 11.6 Å². The number of hydrazine groups is 1. The highest BCUT2D eigenvalue weighted by Gasteiger charge is 2.42. The zero-order valence-corrected chi connectivity index (χ0v) is 25.9. The minimum atomic E-state index is -0.852. The molecule has 4 rings (SSSR count). The average molecular weight is 589 g/mol. The van der Waals surface area contributed by atoms with E-state index >= 15 is 0 Å². The Morgan fingerprint density at radius 1 is 0.976 bits per heavy atom. The number of primary amides is 1. The van der Waals surface area contributed by atoms with Gasteiger partial charge in [0.25, 0.3) is 0 Å². The van der Waals surface area contributed by atoms with Gasteiger partial charge in [-0.3, -0.25) is 19.7 Å². The lowest BCUT2D eigenvalue weighted by atomic mass is 9.80. The van der Waals surface area contributed by atoms with Gasteiger partial charge in [0.15, 0.2) is 0 Å². The Morgan fingerprint density at radius 2 is 1.59 bits per heavy atom. The molecule has 1 aromatic carbocycles. The van der Waals surface area contributed by atoms with Gasteiger partial charge in [-0.2, -0.15) is 0 Å². The molecule has 0 spiro atoms. The van der Waals surface area contributed by atoms with Crippen LogP contribution in [0.5, 0.6) is 0 Å². The summed E-state index contributed by atoms with van der Waals surface area (Å²) >= 11 is 6.12. The summed E-state index contributed by atoms with van der Waals surface area (Å²) in [5.74, 6) is 0.320.